The average molecular weight is 2000 g/mol. The van der Waals surface area contributed by atoms with Gasteiger partial charge in [0.15, 0.2) is 11.6 Å². The van der Waals surface area contributed by atoms with Gasteiger partial charge >= 0.3 is 12.2 Å². The van der Waals surface area contributed by atoms with E-state index < -0.39 is 23.4 Å². The van der Waals surface area contributed by atoms with E-state index in [2.05, 4.69) is 67.2 Å². The molecule has 4 amide bonds. The number of nitrogens with one attached hydrogen (secondary N) is 3. The van der Waals surface area contributed by atoms with E-state index in [0.717, 1.165) is 138 Å². The second-order valence-electron chi connectivity index (χ2n) is 36.4. The summed E-state index contributed by atoms with van der Waals surface area (Å²) in [6.45, 7) is 24.3. The Morgan fingerprint density at radius 3 is 1.23 bits per heavy atom. The van der Waals surface area contributed by atoms with E-state index in [4.69, 9.17) is 86.8 Å². The topological polar surface area (TPSA) is 405 Å². The zero-order chi connectivity index (χ0) is 99.5. The van der Waals surface area contributed by atoms with Crippen molar-refractivity contribution in [3.8, 4) is 23.0 Å². The molecular weight excluding hydrogens is 1870 g/mol. The van der Waals surface area contributed by atoms with Gasteiger partial charge in [-0.15, -0.1) is 11.6 Å². The highest BCUT2D eigenvalue weighted by Gasteiger charge is 2.32. The van der Waals surface area contributed by atoms with Crippen molar-refractivity contribution in [2.45, 2.75) is 221 Å². The number of rotatable bonds is 25. The van der Waals surface area contributed by atoms with Gasteiger partial charge in [-0.25, -0.2) is 29.5 Å². The van der Waals surface area contributed by atoms with Gasteiger partial charge in [-0.3, -0.25) is 42.8 Å². The van der Waals surface area contributed by atoms with Gasteiger partial charge in [0.2, 0.25) is 11.8 Å². The average Bonchev–Trinajstić information content (AvgIpc) is 0.811. The molecule has 2 fully saturated rings. The SMILES string of the molecule is CC(=O)N1CCC(Nc2cc(C(=O)CC[C@H](O)CCl)ncn2)CC1.CC(=O)N1CCC(Nc2cc(C(=O)CC[C@H](O)CN3CCc4c(ccc(OCc5ccnn5C)c4Cl)C3)ncn2)CC1.CC(C)(C)OC(=O)N1CCc2c(ccc(O)c2Cl)C1.Cn1nccc1CO.Cn1nccc1COc1ccc2c(c1Cl)CCN(C(=O)OC(C)(C)C)C2.Cn1nccc1COc1ccc2c(c1Cl)CCNC2. The predicted octanol–water partition coefficient (Wildman–Crippen LogP) is 14.2. The number of anilines is 2. The Bertz CT molecular complexity index is 5750. The molecular formula is C98H127Cl5N20O15. The number of hydrogen-bond acceptors (Lipinski definition) is 27. The van der Waals surface area contributed by atoms with Crippen LogP contribution in [0.4, 0.5) is 21.2 Å². The van der Waals surface area contributed by atoms with Crippen LogP contribution in [0.5, 0.6) is 23.0 Å². The van der Waals surface area contributed by atoms with Gasteiger partial charge in [0.05, 0.1) is 61.7 Å². The molecule has 40 heteroatoms. The van der Waals surface area contributed by atoms with Crippen LogP contribution in [-0.2, 0) is 126 Å². The standard InChI is InChI=1S/C30H38ClN7O4.C19H24ClN3O3.C16H23ClN4O3.C14H16ClN3O.C14H18ClNO3.C5H8N2O/c1-20(39)38-13-8-22(9-14-38)35-29-15-26(32-19-33-29)27(41)5-4-24(40)17-37-12-10-25-21(16-37)3-6-28(30(25)31)42-18-23-7-11-34-36(23)2;1-19(2,3)26-18(24)23-10-8-15-13(11-23)5-6-16(17(15)20)25-12-14-7-9-21-22(14)4;1-11(22)21-6-4-12(5-7-21)20-16-8-14(18-10-19-16)15(24)3-2-13(23)9-17;1-18-11(4-7-17-18)9-19-13-3-2-10-8-16-6-5-12(10)14(13)15;1-14(2,3)19-13(18)16-7-6-10-9(8-16)4-5-11(17)12(10)15;1-7-5(4-8)2-3-6-7/h3,6-7,11,15,19,22,24,40H,4-5,8-10,12-14,16-18H2,1-2H3,(H,32,33,35);5-7,9H,8,10-12H2,1-4H3;8,10,12-13,23H,2-7,9H2,1H3,(H,18,19,20);2-4,7,16H,5-6,8-9H2,1H3;4-5,17H,6-8H2,1-3H3;2-3,8H,4H2,1H3/t24-;;13-;;;/m0.0.../s1. The van der Waals surface area contributed by atoms with Crippen LogP contribution < -0.4 is 30.2 Å². The Kier molecular flexibility index (Phi) is 39.7. The largest absolute Gasteiger partial charge is 0.506 e. The van der Waals surface area contributed by atoms with Crippen LogP contribution in [0.15, 0.2) is 122 Å². The maximum Gasteiger partial charge on any atom is 0.410 e. The number of carbonyl (C=O) groups excluding carboxylic acids is 6. The number of alkyl halides is 1. The molecule has 6 aromatic heterocycles. The molecule has 12 heterocycles. The fraction of sp³-hybridized carbons (Fsp3) is 0.490. The second-order valence-corrected chi connectivity index (χ2v) is 38.2. The summed E-state index contributed by atoms with van der Waals surface area (Å²) in [6.07, 6.45) is 15.1. The number of hydrogen-bond donors (Lipinski definition) is 7. The van der Waals surface area contributed by atoms with Crippen LogP contribution >= 0.6 is 58.0 Å². The van der Waals surface area contributed by atoms with E-state index in [1.807, 2.05) is 121 Å². The summed E-state index contributed by atoms with van der Waals surface area (Å²) in [7, 11) is 7.45. The molecule has 138 heavy (non-hydrogen) atoms. The molecule has 0 spiro atoms. The van der Waals surface area contributed by atoms with Gasteiger partial charge in [-0.05, 0) is 205 Å². The molecule has 0 bridgehead atoms. The van der Waals surface area contributed by atoms with E-state index in [1.54, 1.807) is 105 Å². The minimum Gasteiger partial charge on any atom is -0.506 e. The van der Waals surface area contributed by atoms with Crippen LogP contribution in [0.3, 0.4) is 0 Å². The zero-order valence-electron chi connectivity index (χ0n) is 80.3. The number of piperidine rings is 2. The first-order valence-corrected chi connectivity index (χ1v) is 48.2. The van der Waals surface area contributed by atoms with E-state index in [-0.39, 0.29) is 78.7 Å². The number of nitrogens with zero attached hydrogens (tertiary/aromatic N) is 17. The minimum atomic E-state index is -0.679. The van der Waals surface area contributed by atoms with E-state index in [9.17, 15) is 44.1 Å². The predicted molar refractivity (Wildman–Crippen MR) is 526 cm³/mol. The Balaban J connectivity index is 0.000000167. The zero-order valence-corrected chi connectivity index (χ0v) is 84.1. The number of amides is 4. The van der Waals surface area contributed by atoms with Gasteiger partial charge in [-0.2, -0.15) is 20.4 Å². The number of aromatic hydroxyl groups is 1. The molecule has 2 atom stereocenters. The Morgan fingerprint density at radius 1 is 0.471 bits per heavy atom. The van der Waals surface area contributed by atoms with Crippen LogP contribution in [0.2, 0.25) is 20.1 Å². The maximum atomic E-state index is 12.9. The number of phenolic OH excluding ortho intramolecular Hbond substituents is 1. The summed E-state index contributed by atoms with van der Waals surface area (Å²) in [4.78, 5) is 97.9. The number of aliphatic hydroxyl groups is 3. The van der Waals surface area contributed by atoms with Crippen molar-refractivity contribution in [3.63, 3.8) is 0 Å². The number of phenols is 1. The number of aliphatic hydroxyl groups excluding tert-OH is 3. The number of aromatic nitrogens is 12. The van der Waals surface area contributed by atoms with Crippen molar-refractivity contribution in [3.05, 3.63) is 221 Å². The number of fused-ring (bicyclic) bond motifs is 4. The number of Topliss-reactive ketones (excluding diaryl/α,β-unsaturated/α-hetero) is 2. The van der Waals surface area contributed by atoms with Crippen molar-refractivity contribution >= 4 is 105 Å². The summed E-state index contributed by atoms with van der Waals surface area (Å²) < 4.78 is 35.4. The fourth-order valence-corrected chi connectivity index (χ4v) is 17.5. The number of halogens is 5. The van der Waals surface area contributed by atoms with Crippen molar-refractivity contribution in [1.82, 2.24) is 88.9 Å². The molecule has 4 aromatic carbocycles. The number of benzene rings is 4. The fourth-order valence-electron chi connectivity index (χ4n) is 16.0. The van der Waals surface area contributed by atoms with Gasteiger partial charge in [0.1, 0.15) is 89.7 Å². The first kappa shape index (κ1) is 107. The highest BCUT2D eigenvalue weighted by Crippen LogP contribution is 2.39. The summed E-state index contributed by atoms with van der Waals surface area (Å²) in [6, 6.07) is 26.4. The summed E-state index contributed by atoms with van der Waals surface area (Å²) in [5, 5.41) is 66.9. The van der Waals surface area contributed by atoms with Crippen molar-refractivity contribution in [2.75, 3.05) is 75.4 Å². The van der Waals surface area contributed by atoms with E-state index in [1.165, 1.54) is 23.8 Å². The first-order chi connectivity index (χ1) is 65.9. The molecule has 6 aliphatic rings. The molecule has 10 aromatic rings. The highest BCUT2D eigenvalue weighted by molar-refractivity contribution is 6.34. The van der Waals surface area contributed by atoms with E-state index >= 15 is 0 Å². The smallest absolute Gasteiger partial charge is 0.410 e. The monoisotopic (exact) mass is 2000 g/mol. The lowest BCUT2D eigenvalue weighted by atomic mass is 9.98. The number of ketones is 2. The Hall–Kier alpha value is -11.3. The third-order valence-electron chi connectivity index (χ3n) is 24.0. The van der Waals surface area contributed by atoms with Crippen LogP contribution in [0.25, 0.3) is 0 Å². The molecule has 744 valence electrons. The molecule has 0 radical (unpaired) electrons. The summed E-state index contributed by atoms with van der Waals surface area (Å²) in [5.41, 5.74) is 12.1. The number of ether oxygens (including phenoxy) is 5. The third-order valence-corrected chi connectivity index (χ3v) is 26.0. The number of likely N-dealkylation sites (tertiary alicyclic amines) is 2. The molecule has 0 unspecified atom stereocenters. The maximum absolute atomic E-state index is 12.9. The van der Waals surface area contributed by atoms with Gasteiger partial charge in [0, 0.05) is 188 Å². The number of β-amino-alcohol motifs (C(OH)–C–C–N with tert-alkyl or cyclic N) is 1. The molecule has 0 saturated carbocycles. The van der Waals surface area contributed by atoms with Crippen molar-refractivity contribution < 1.29 is 72.9 Å². The van der Waals surface area contributed by atoms with Crippen molar-refractivity contribution in [2.24, 2.45) is 28.2 Å². The Labute approximate surface area is 830 Å². The highest BCUT2D eigenvalue weighted by atomic mass is 35.5. The molecule has 16 rings (SSSR count). The quantitative estimate of drug-likeness (QED) is 0.0206. The molecule has 35 nitrogen and oxygen atoms in total. The van der Waals surface area contributed by atoms with Gasteiger partial charge < -0.3 is 79.7 Å². The van der Waals surface area contributed by atoms with Crippen LogP contribution in [-0.4, -0.2) is 240 Å². The van der Waals surface area contributed by atoms with Gasteiger partial charge in [0.25, 0.3) is 0 Å². The van der Waals surface area contributed by atoms with Crippen LogP contribution in [0, 0.1) is 0 Å². The molecule has 2 saturated heterocycles. The first-order valence-electron chi connectivity index (χ1n) is 46.2. The molecule has 6 aliphatic heterocycles. The summed E-state index contributed by atoms with van der Waals surface area (Å²) >= 11 is 31.3. The lowest BCUT2D eigenvalue weighted by Gasteiger charge is -2.32. The lowest BCUT2D eigenvalue weighted by molar-refractivity contribution is -0.130. The number of carbonyl (C=O) groups is 6. The number of aryl methyl sites for hydroxylation is 4. The minimum absolute atomic E-state index is 0.0660. The summed E-state index contributed by atoms with van der Waals surface area (Å²) in [5.74, 6) is 3.40. The van der Waals surface area contributed by atoms with Gasteiger partial charge in [-0.1, -0.05) is 70.7 Å². The third kappa shape index (κ3) is 31.6. The van der Waals surface area contributed by atoms with Crippen LogP contribution in [0.1, 0.15) is 195 Å². The Morgan fingerprint density at radius 2 is 0.848 bits per heavy atom. The lowest BCUT2D eigenvalue weighted by Crippen LogP contribution is -2.41. The molecule has 0 aliphatic carbocycles. The second kappa shape index (κ2) is 51.1. The van der Waals surface area contributed by atoms with E-state index in [0.29, 0.717) is 147 Å². The normalized spacial score (nSPS) is 15.2. The van der Waals surface area contributed by atoms with Crippen molar-refractivity contribution in [1.29, 1.82) is 0 Å². The molecule has 7 N–H and O–H groups in total.